The molecule has 1 amide bonds. The molecular formula is C23H29F3N4O2. The summed E-state index contributed by atoms with van der Waals surface area (Å²) in [5.74, 6) is 1.34. The molecule has 0 saturated carbocycles. The largest absolute Gasteiger partial charge is 0.412 e. The second-order valence-electron chi connectivity index (χ2n) is 8.57. The topological polar surface area (TPSA) is 71.1 Å². The van der Waals surface area contributed by atoms with E-state index in [9.17, 15) is 18.0 Å². The molecule has 0 aromatic carbocycles. The van der Waals surface area contributed by atoms with Crippen LogP contribution in [0.15, 0.2) is 23.9 Å². The molecule has 0 spiro atoms. The van der Waals surface area contributed by atoms with Gasteiger partial charge in [0.05, 0.1) is 0 Å². The number of H-pyrrole nitrogens is 1. The Kier molecular flexibility index (Phi) is 6.83. The van der Waals surface area contributed by atoms with E-state index in [1.165, 1.54) is 6.92 Å². The van der Waals surface area contributed by atoms with Crippen molar-refractivity contribution in [3.05, 3.63) is 35.3 Å². The van der Waals surface area contributed by atoms with Gasteiger partial charge in [-0.05, 0) is 56.6 Å². The number of aromatic amines is 1. The van der Waals surface area contributed by atoms with Gasteiger partial charge in [-0.15, -0.1) is 0 Å². The highest BCUT2D eigenvalue weighted by Crippen LogP contribution is 2.34. The first kappa shape index (κ1) is 22.8. The number of aromatic nitrogens is 3. The zero-order chi connectivity index (χ0) is 22.7. The quantitative estimate of drug-likeness (QED) is 0.662. The summed E-state index contributed by atoms with van der Waals surface area (Å²) in [6.45, 7) is 3.93. The molecule has 0 aliphatic carbocycles. The molecule has 2 aliphatic heterocycles. The van der Waals surface area contributed by atoms with Crippen LogP contribution in [-0.2, 0) is 9.53 Å². The van der Waals surface area contributed by atoms with Crippen molar-refractivity contribution >= 4 is 17.1 Å². The number of pyridine rings is 1. The van der Waals surface area contributed by atoms with Crippen molar-refractivity contribution in [2.75, 3.05) is 26.3 Å². The zero-order valence-electron chi connectivity index (χ0n) is 18.2. The van der Waals surface area contributed by atoms with Crippen LogP contribution in [0, 0.1) is 0 Å². The van der Waals surface area contributed by atoms with E-state index in [-0.39, 0.29) is 24.7 Å². The van der Waals surface area contributed by atoms with E-state index in [1.54, 1.807) is 11.1 Å². The number of ether oxygens (including phenoxy) is 1. The molecule has 9 heteroatoms. The molecule has 0 unspecified atom stereocenters. The minimum absolute atomic E-state index is 0.114. The Morgan fingerprint density at radius 3 is 2.56 bits per heavy atom. The molecule has 0 atom stereocenters. The fraction of sp³-hybridized carbons (Fsp3) is 0.609. The number of amides is 1. The second-order valence-corrected chi connectivity index (χ2v) is 8.57. The predicted octanol–water partition coefficient (Wildman–Crippen LogP) is 4.85. The molecule has 4 rings (SSSR count). The number of imidazole rings is 1. The Bertz CT molecular complexity index is 971. The Hall–Kier alpha value is -2.42. The third-order valence-corrected chi connectivity index (χ3v) is 6.65. The van der Waals surface area contributed by atoms with Crippen LogP contribution in [0.2, 0.25) is 0 Å². The summed E-state index contributed by atoms with van der Waals surface area (Å²) in [6.07, 6.45) is 1.49. The molecular weight excluding hydrogens is 421 g/mol. The van der Waals surface area contributed by atoms with Gasteiger partial charge in [0.15, 0.2) is 5.65 Å². The summed E-state index contributed by atoms with van der Waals surface area (Å²) >= 11 is 0. The van der Waals surface area contributed by atoms with E-state index < -0.39 is 11.7 Å². The highest BCUT2D eigenvalue weighted by molar-refractivity contribution is 5.77. The maximum absolute atomic E-state index is 12.9. The maximum Gasteiger partial charge on any atom is 0.412 e. The van der Waals surface area contributed by atoms with Gasteiger partial charge in [-0.1, -0.05) is 6.08 Å². The molecule has 2 aromatic rings. The molecule has 2 aliphatic rings. The number of piperidine rings is 1. The molecule has 174 valence electrons. The van der Waals surface area contributed by atoms with Crippen LogP contribution >= 0.6 is 0 Å². The zero-order valence-corrected chi connectivity index (χ0v) is 18.2. The van der Waals surface area contributed by atoms with Gasteiger partial charge in [-0.3, -0.25) is 4.79 Å². The molecule has 4 heterocycles. The lowest BCUT2D eigenvalue weighted by Gasteiger charge is -2.32. The van der Waals surface area contributed by atoms with Gasteiger partial charge in [0.1, 0.15) is 11.3 Å². The third kappa shape index (κ3) is 4.98. The number of alkyl halides is 3. The summed E-state index contributed by atoms with van der Waals surface area (Å²) < 4.78 is 44.1. The Labute approximate surface area is 185 Å². The lowest BCUT2D eigenvalue weighted by atomic mass is 9.89. The molecule has 2 saturated heterocycles. The number of carbonyl (C=O) groups excluding carboxylic acids is 1. The van der Waals surface area contributed by atoms with E-state index in [0.29, 0.717) is 19.0 Å². The fourth-order valence-electron chi connectivity index (χ4n) is 4.73. The number of nitrogens with zero attached hydrogens (tertiary/aromatic N) is 3. The standard InChI is InChI=1S/C23H29F3N4O2/c1-2-17(23(24,25)26)3-4-19(31)30-11-6-15(7-12-30)18-5-10-27-22-20(18)28-21(29-22)16-8-13-32-14-9-16/h2,5,10,15-16H,3-4,6-9,11-14H2,1H3,(H,27,28,29)/b17-2+. The van der Waals surface area contributed by atoms with Crippen molar-refractivity contribution < 1.29 is 22.7 Å². The Balaban J connectivity index is 1.38. The highest BCUT2D eigenvalue weighted by atomic mass is 19.4. The van der Waals surface area contributed by atoms with Crippen molar-refractivity contribution in [2.45, 2.75) is 63.5 Å². The van der Waals surface area contributed by atoms with E-state index in [0.717, 1.165) is 67.5 Å². The lowest BCUT2D eigenvalue weighted by Crippen LogP contribution is -2.38. The van der Waals surface area contributed by atoms with Gasteiger partial charge in [-0.25, -0.2) is 9.97 Å². The minimum Gasteiger partial charge on any atom is -0.381 e. The van der Waals surface area contributed by atoms with E-state index in [4.69, 9.17) is 9.72 Å². The second kappa shape index (κ2) is 9.60. The number of hydrogen-bond acceptors (Lipinski definition) is 4. The Morgan fingerprint density at radius 1 is 1.19 bits per heavy atom. The summed E-state index contributed by atoms with van der Waals surface area (Å²) in [5, 5.41) is 0. The van der Waals surface area contributed by atoms with Crippen LogP contribution < -0.4 is 0 Å². The molecule has 0 radical (unpaired) electrons. The first-order valence-corrected chi connectivity index (χ1v) is 11.3. The number of nitrogens with one attached hydrogen (secondary N) is 1. The lowest BCUT2D eigenvalue weighted by molar-refractivity contribution is -0.132. The monoisotopic (exact) mass is 450 g/mol. The number of allylic oxidation sites excluding steroid dienone is 2. The smallest absolute Gasteiger partial charge is 0.381 e. The number of rotatable bonds is 5. The normalized spacial score (nSPS) is 19.6. The van der Waals surface area contributed by atoms with Crippen LogP contribution in [-0.4, -0.2) is 58.2 Å². The number of carbonyl (C=O) groups is 1. The third-order valence-electron chi connectivity index (χ3n) is 6.65. The van der Waals surface area contributed by atoms with Crippen LogP contribution in [0.4, 0.5) is 13.2 Å². The number of likely N-dealkylation sites (tertiary alicyclic amines) is 1. The average molecular weight is 451 g/mol. The van der Waals surface area contributed by atoms with E-state index in [1.807, 2.05) is 6.07 Å². The molecule has 1 N–H and O–H groups in total. The van der Waals surface area contributed by atoms with Crippen molar-refractivity contribution in [1.29, 1.82) is 0 Å². The maximum atomic E-state index is 12.9. The summed E-state index contributed by atoms with van der Waals surface area (Å²) in [5.41, 5.74) is 2.17. The summed E-state index contributed by atoms with van der Waals surface area (Å²) in [6, 6.07) is 2.00. The Morgan fingerprint density at radius 2 is 1.91 bits per heavy atom. The molecule has 2 aromatic heterocycles. The minimum atomic E-state index is -4.37. The predicted molar refractivity (Wildman–Crippen MR) is 114 cm³/mol. The van der Waals surface area contributed by atoms with Crippen LogP contribution in [0.3, 0.4) is 0 Å². The fourth-order valence-corrected chi connectivity index (χ4v) is 4.73. The summed E-state index contributed by atoms with van der Waals surface area (Å²) in [7, 11) is 0. The van der Waals surface area contributed by atoms with Crippen LogP contribution in [0.25, 0.3) is 11.2 Å². The molecule has 6 nitrogen and oxygen atoms in total. The van der Waals surface area contributed by atoms with Gasteiger partial charge in [0.2, 0.25) is 5.91 Å². The van der Waals surface area contributed by atoms with Crippen molar-refractivity contribution in [3.63, 3.8) is 0 Å². The first-order valence-electron chi connectivity index (χ1n) is 11.3. The summed E-state index contributed by atoms with van der Waals surface area (Å²) in [4.78, 5) is 26.9. The van der Waals surface area contributed by atoms with Gasteiger partial charge >= 0.3 is 6.18 Å². The van der Waals surface area contributed by atoms with Crippen LogP contribution in [0.1, 0.15) is 68.7 Å². The van der Waals surface area contributed by atoms with Gasteiger partial charge in [0, 0.05) is 50.4 Å². The highest BCUT2D eigenvalue weighted by Gasteiger charge is 2.33. The van der Waals surface area contributed by atoms with Crippen molar-refractivity contribution in [1.82, 2.24) is 19.9 Å². The molecule has 0 bridgehead atoms. The van der Waals surface area contributed by atoms with Crippen molar-refractivity contribution in [3.8, 4) is 0 Å². The van der Waals surface area contributed by atoms with E-state index in [2.05, 4.69) is 9.97 Å². The van der Waals surface area contributed by atoms with Crippen molar-refractivity contribution in [2.24, 2.45) is 0 Å². The van der Waals surface area contributed by atoms with Gasteiger partial charge in [0.25, 0.3) is 0 Å². The first-order chi connectivity index (χ1) is 15.4. The average Bonchev–Trinajstić information content (AvgIpc) is 3.24. The number of halogens is 3. The van der Waals surface area contributed by atoms with Crippen LogP contribution in [0.5, 0.6) is 0 Å². The number of hydrogen-bond donors (Lipinski definition) is 1. The van der Waals surface area contributed by atoms with E-state index >= 15 is 0 Å². The number of fused-ring (bicyclic) bond motifs is 1. The SMILES string of the molecule is C/C=C(\CCC(=O)N1CCC(c2ccnc3[nH]c(C4CCOCC4)nc23)CC1)C(F)(F)F. The van der Waals surface area contributed by atoms with Gasteiger partial charge < -0.3 is 14.6 Å². The molecule has 32 heavy (non-hydrogen) atoms. The molecule has 2 fully saturated rings. The van der Waals surface area contributed by atoms with Gasteiger partial charge in [-0.2, -0.15) is 13.2 Å².